The van der Waals surface area contributed by atoms with Crippen LogP contribution in [0.25, 0.3) is 0 Å². The van der Waals surface area contributed by atoms with Crippen molar-refractivity contribution in [2.24, 2.45) is 5.92 Å². The number of amides is 3. The predicted octanol–water partition coefficient (Wildman–Crippen LogP) is 2.73. The molecule has 0 saturated carbocycles. The Hall–Kier alpha value is -2.28. The second-order valence-corrected chi connectivity index (χ2v) is 9.39. The lowest BCUT2D eigenvalue weighted by molar-refractivity contribution is -0.132. The van der Waals surface area contributed by atoms with Crippen LogP contribution in [0.2, 0.25) is 0 Å². The molecule has 0 aromatic heterocycles. The molecule has 172 valence electrons. The Morgan fingerprint density at radius 1 is 1.03 bits per heavy atom. The molecule has 7 heteroatoms. The van der Waals surface area contributed by atoms with E-state index in [1.807, 2.05) is 30.9 Å². The van der Waals surface area contributed by atoms with Gasteiger partial charge in [-0.2, -0.15) is 0 Å². The van der Waals surface area contributed by atoms with Gasteiger partial charge in [-0.05, 0) is 37.8 Å². The molecule has 7 nitrogen and oxygen atoms in total. The number of hydrogen-bond acceptors (Lipinski definition) is 4. The van der Waals surface area contributed by atoms with Crippen LogP contribution in [0.5, 0.6) is 5.75 Å². The molecule has 3 amide bonds. The van der Waals surface area contributed by atoms with E-state index in [1.165, 1.54) is 0 Å². The lowest BCUT2D eigenvalue weighted by Crippen LogP contribution is -2.49. The summed E-state index contributed by atoms with van der Waals surface area (Å²) in [6, 6.07) is 6.13. The first-order chi connectivity index (χ1) is 14.8. The molecular weight excluding hydrogens is 392 g/mol. The van der Waals surface area contributed by atoms with E-state index in [2.05, 4.69) is 30.1 Å². The highest BCUT2D eigenvalue weighted by Gasteiger charge is 2.23. The zero-order valence-corrected chi connectivity index (χ0v) is 19.5. The van der Waals surface area contributed by atoms with Crippen LogP contribution in [0.3, 0.4) is 0 Å². The largest absolute Gasteiger partial charge is 0.491 e. The summed E-state index contributed by atoms with van der Waals surface area (Å²) in [7, 11) is 0. The molecule has 1 saturated heterocycles. The lowest BCUT2D eigenvalue weighted by atomic mass is 10.0. The monoisotopic (exact) mass is 430 g/mol. The highest BCUT2D eigenvalue weighted by atomic mass is 16.5. The van der Waals surface area contributed by atoms with Crippen molar-refractivity contribution >= 4 is 11.9 Å². The van der Waals surface area contributed by atoms with Crippen LogP contribution in [0, 0.1) is 5.92 Å². The molecule has 0 unspecified atom stereocenters. The van der Waals surface area contributed by atoms with Crippen molar-refractivity contribution in [1.82, 2.24) is 20.0 Å². The number of piperazine rings is 1. The van der Waals surface area contributed by atoms with Crippen LogP contribution < -0.4 is 10.1 Å². The van der Waals surface area contributed by atoms with Crippen LogP contribution in [0.15, 0.2) is 18.2 Å². The highest BCUT2D eigenvalue weighted by Crippen LogP contribution is 2.25. The Bertz CT molecular complexity index is 757. The quantitative estimate of drug-likeness (QED) is 0.754. The molecule has 0 atom stereocenters. The van der Waals surface area contributed by atoms with Crippen LogP contribution >= 0.6 is 0 Å². The molecule has 1 aromatic rings. The van der Waals surface area contributed by atoms with Gasteiger partial charge in [0.25, 0.3) is 0 Å². The van der Waals surface area contributed by atoms with Gasteiger partial charge in [0, 0.05) is 50.7 Å². The summed E-state index contributed by atoms with van der Waals surface area (Å²) in [5, 5.41) is 2.95. The number of carbonyl (C=O) groups excluding carboxylic acids is 2. The standard InChI is InChI=1S/C24H38N4O3/c1-18(2)16-26-9-11-27(12-10-26)23(29)8-6-20-5-7-22-21(15-20)17-28(13-14-31-22)24(30)25-19(3)4/h5,7,15,18-19H,6,8-14,16-17H2,1-4H3,(H,25,30). The van der Waals surface area contributed by atoms with E-state index in [4.69, 9.17) is 4.74 Å². The molecule has 2 aliphatic rings. The average molecular weight is 431 g/mol. The number of nitrogens with one attached hydrogen (secondary N) is 1. The van der Waals surface area contributed by atoms with Gasteiger partial charge in [-0.25, -0.2) is 4.79 Å². The minimum atomic E-state index is -0.0661. The lowest BCUT2D eigenvalue weighted by Gasteiger charge is -2.35. The summed E-state index contributed by atoms with van der Waals surface area (Å²) in [5.41, 5.74) is 2.11. The van der Waals surface area contributed by atoms with Crippen molar-refractivity contribution in [1.29, 1.82) is 0 Å². The van der Waals surface area contributed by atoms with E-state index < -0.39 is 0 Å². The molecule has 3 rings (SSSR count). The van der Waals surface area contributed by atoms with Gasteiger partial charge in [-0.1, -0.05) is 26.0 Å². The minimum Gasteiger partial charge on any atom is -0.491 e. The van der Waals surface area contributed by atoms with Crippen LogP contribution in [0.4, 0.5) is 4.79 Å². The fourth-order valence-electron chi connectivity index (χ4n) is 4.22. The smallest absolute Gasteiger partial charge is 0.318 e. The zero-order valence-electron chi connectivity index (χ0n) is 19.5. The molecule has 1 N–H and O–H groups in total. The number of aryl methyl sites for hydroxylation is 1. The molecular formula is C24H38N4O3. The first kappa shape index (κ1) is 23.4. The highest BCUT2D eigenvalue weighted by molar-refractivity contribution is 5.76. The SMILES string of the molecule is CC(C)CN1CCN(C(=O)CCc2ccc3c(c2)CN(C(=O)NC(C)C)CCO3)CC1. The molecule has 0 bridgehead atoms. The van der Waals surface area contributed by atoms with E-state index in [0.717, 1.165) is 49.6 Å². The van der Waals surface area contributed by atoms with E-state index >= 15 is 0 Å². The summed E-state index contributed by atoms with van der Waals surface area (Å²) in [6.45, 7) is 14.6. The van der Waals surface area contributed by atoms with E-state index in [1.54, 1.807) is 4.90 Å². The van der Waals surface area contributed by atoms with Crippen molar-refractivity contribution in [2.45, 2.75) is 53.1 Å². The number of nitrogens with zero attached hydrogens (tertiary/aromatic N) is 3. The van der Waals surface area contributed by atoms with Crippen molar-refractivity contribution in [3.05, 3.63) is 29.3 Å². The minimum absolute atomic E-state index is 0.0661. The van der Waals surface area contributed by atoms with Crippen molar-refractivity contribution in [3.8, 4) is 5.75 Å². The average Bonchev–Trinajstić information content (AvgIpc) is 2.93. The van der Waals surface area contributed by atoms with Crippen LogP contribution in [-0.2, 0) is 17.8 Å². The molecule has 31 heavy (non-hydrogen) atoms. The summed E-state index contributed by atoms with van der Waals surface area (Å²) in [4.78, 5) is 31.4. The summed E-state index contributed by atoms with van der Waals surface area (Å²) >= 11 is 0. The number of benzene rings is 1. The summed E-state index contributed by atoms with van der Waals surface area (Å²) < 4.78 is 5.85. The molecule has 0 aliphatic carbocycles. The molecule has 1 fully saturated rings. The predicted molar refractivity (Wildman–Crippen MR) is 122 cm³/mol. The van der Waals surface area contributed by atoms with Crippen LogP contribution in [0.1, 0.15) is 45.2 Å². The third-order valence-corrected chi connectivity index (χ3v) is 5.78. The maximum Gasteiger partial charge on any atom is 0.318 e. The van der Waals surface area contributed by atoms with E-state index in [9.17, 15) is 9.59 Å². The molecule has 2 heterocycles. The third kappa shape index (κ3) is 6.86. The second-order valence-electron chi connectivity index (χ2n) is 9.39. The van der Waals surface area contributed by atoms with Gasteiger partial charge < -0.3 is 19.9 Å². The Morgan fingerprint density at radius 3 is 2.45 bits per heavy atom. The van der Waals surface area contributed by atoms with Gasteiger partial charge in [0.1, 0.15) is 12.4 Å². The number of rotatable bonds is 6. The first-order valence-electron chi connectivity index (χ1n) is 11.6. The number of ether oxygens (including phenoxy) is 1. The van der Waals surface area contributed by atoms with Gasteiger partial charge in [-0.3, -0.25) is 9.69 Å². The fraction of sp³-hybridized carbons (Fsp3) is 0.667. The number of carbonyl (C=O) groups is 2. The van der Waals surface area contributed by atoms with Gasteiger partial charge in [-0.15, -0.1) is 0 Å². The number of fused-ring (bicyclic) bond motifs is 1. The van der Waals surface area contributed by atoms with E-state index in [0.29, 0.717) is 38.5 Å². The van der Waals surface area contributed by atoms with Crippen LogP contribution in [-0.4, -0.2) is 78.6 Å². The maximum absolute atomic E-state index is 12.7. The van der Waals surface area contributed by atoms with Gasteiger partial charge in [0.15, 0.2) is 0 Å². The third-order valence-electron chi connectivity index (χ3n) is 5.78. The van der Waals surface area contributed by atoms with Crippen molar-refractivity contribution < 1.29 is 14.3 Å². The maximum atomic E-state index is 12.7. The number of hydrogen-bond donors (Lipinski definition) is 1. The second kappa shape index (κ2) is 10.8. The first-order valence-corrected chi connectivity index (χ1v) is 11.6. The number of urea groups is 1. The van der Waals surface area contributed by atoms with Gasteiger partial charge >= 0.3 is 6.03 Å². The molecule has 1 aromatic carbocycles. The van der Waals surface area contributed by atoms with Crippen molar-refractivity contribution in [3.63, 3.8) is 0 Å². The zero-order chi connectivity index (χ0) is 22.4. The Kier molecular flexibility index (Phi) is 8.18. The fourth-order valence-corrected chi connectivity index (χ4v) is 4.22. The summed E-state index contributed by atoms with van der Waals surface area (Å²) in [5.74, 6) is 1.72. The molecule has 0 spiro atoms. The Morgan fingerprint density at radius 2 is 1.77 bits per heavy atom. The normalized spacial score (nSPS) is 17.4. The van der Waals surface area contributed by atoms with Crippen molar-refractivity contribution in [2.75, 3.05) is 45.9 Å². The summed E-state index contributed by atoms with van der Waals surface area (Å²) in [6.07, 6.45) is 1.22. The van der Waals surface area contributed by atoms with Gasteiger partial charge in [0.05, 0.1) is 13.1 Å². The van der Waals surface area contributed by atoms with Gasteiger partial charge in [0.2, 0.25) is 5.91 Å². The Labute approximate surface area is 186 Å². The molecule has 2 aliphatic heterocycles. The van der Waals surface area contributed by atoms with E-state index in [-0.39, 0.29) is 18.0 Å². The Balaban J connectivity index is 1.53. The molecule has 0 radical (unpaired) electrons. The topological polar surface area (TPSA) is 65.1 Å².